The number of carbonyl (C=O) groups excluding carboxylic acids is 1. The highest BCUT2D eigenvalue weighted by molar-refractivity contribution is 8.00. The first-order valence-electron chi connectivity index (χ1n) is 9.64. The maximum atomic E-state index is 12.9. The second-order valence-corrected chi connectivity index (χ2v) is 8.36. The molecule has 1 amide bonds. The number of hydrogen-bond acceptors (Lipinski definition) is 6. The first-order chi connectivity index (χ1) is 14.4. The minimum atomic E-state index is -0.444. The van der Waals surface area contributed by atoms with Crippen LogP contribution in [-0.2, 0) is 16.1 Å². The van der Waals surface area contributed by atoms with Gasteiger partial charge in [0.1, 0.15) is 0 Å². The standard InChI is InChI=1S/C22H26N4O3S/c1-15(20(27)23-16-9-11-17(12-10-16)25(2)3)30-22-24-19-8-6-5-7-18(19)21(28)26(22)13-14-29-4/h5-12,15H,13-14H2,1-4H3,(H,23,27). The summed E-state index contributed by atoms with van der Waals surface area (Å²) in [6.07, 6.45) is 0. The Morgan fingerprint density at radius 3 is 2.57 bits per heavy atom. The molecule has 7 nitrogen and oxygen atoms in total. The van der Waals surface area contributed by atoms with Crippen molar-refractivity contribution in [3.05, 3.63) is 58.9 Å². The Bertz CT molecular complexity index is 1080. The summed E-state index contributed by atoms with van der Waals surface area (Å²) in [6.45, 7) is 2.55. The van der Waals surface area contributed by atoms with E-state index in [9.17, 15) is 9.59 Å². The van der Waals surface area contributed by atoms with Gasteiger partial charge in [0.05, 0.1) is 29.3 Å². The van der Waals surface area contributed by atoms with Crippen molar-refractivity contribution < 1.29 is 9.53 Å². The first-order valence-corrected chi connectivity index (χ1v) is 10.5. The van der Waals surface area contributed by atoms with Crippen LogP contribution < -0.4 is 15.8 Å². The lowest BCUT2D eigenvalue weighted by Crippen LogP contribution is -2.28. The zero-order valence-corrected chi connectivity index (χ0v) is 18.4. The largest absolute Gasteiger partial charge is 0.383 e. The normalized spacial score (nSPS) is 12.0. The number of nitrogens with one attached hydrogen (secondary N) is 1. The lowest BCUT2D eigenvalue weighted by atomic mass is 10.2. The van der Waals surface area contributed by atoms with E-state index in [2.05, 4.69) is 10.3 Å². The van der Waals surface area contributed by atoms with Gasteiger partial charge >= 0.3 is 0 Å². The number of aromatic nitrogens is 2. The van der Waals surface area contributed by atoms with Crippen molar-refractivity contribution in [1.82, 2.24) is 9.55 Å². The number of benzene rings is 2. The van der Waals surface area contributed by atoms with Gasteiger partial charge in [-0.3, -0.25) is 14.2 Å². The van der Waals surface area contributed by atoms with Gasteiger partial charge in [-0.15, -0.1) is 0 Å². The molecular formula is C22H26N4O3S. The van der Waals surface area contributed by atoms with Crippen molar-refractivity contribution in [3.8, 4) is 0 Å². The molecule has 3 aromatic rings. The second-order valence-electron chi connectivity index (χ2n) is 7.05. The third kappa shape index (κ3) is 5.01. The van der Waals surface area contributed by atoms with Gasteiger partial charge in [-0.2, -0.15) is 0 Å². The van der Waals surface area contributed by atoms with Crippen LogP contribution >= 0.6 is 11.8 Å². The summed E-state index contributed by atoms with van der Waals surface area (Å²) in [4.78, 5) is 32.3. The number of fused-ring (bicyclic) bond motifs is 1. The monoisotopic (exact) mass is 426 g/mol. The van der Waals surface area contributed by atoms with E-state index >= 15 is 0 Å². The fourth-order valence-electron chi connectivity index (χ4n) is 2.92. The molecule has 2 aromatic carbocycles. The molecule has 0 aliphatic heterocycles. The molecule has 0 aliphatic rings. The van der Waals surface area contributed by atoms with Crippen LogP contribution in [0.15, 0.2) is 58.5 Å². The minimum Gasteiger partial charge on any atom is -0.383 e. The first kappa shape index (κ1) is 21.9. The average molecular weight is 427 g/mol. The molecule has 0 saturated heterocycles. The highest BCUT2D eigenvalue weighted by atomic mass is 32.2. The van der Waals surface area contributed by atoms with Crippen LogP contribution in [0.4, 0.5) is 11.4 Å². The highest BCUT2D eigenvalue weighted by Gasteiger charge is 2.19. The summed E-state index contributed by atoms with van der Waals surface area (Å²) < 4.78 is 6.72. The molecule has 1 aromatic heterocycles. The van der Waals surface area contributed by atoms with Gasteiger partial charge in [0.15, 0.2) is 5.16 Å². The van der Waals surface area contributed by atoms with Crippen molar-refractivity contribution in [1.29, 1.82) is 0 Å². The van der Waals surface area contributed by atoms with E-state index in [1.807, 2.05) is 55.4 Å². The Morgan fingerprint density at radius 2 is 1.90 bits per heavy atom. The van der Waals surface area contributed by atoms with Gasteiger partial charge in [-0.25, -0.2) is 4.98 Å². The molecule has 0 saturated carbocycles. The number of methoxy groups -OCH3 is 1. The van der Waals surface area contributed by atoms with Crippen molar-refractivity contribution in [3.63, 3.8) is 0 Å². The summed E-state index contributed by atoms with van der Waals surface area (Å²) in [6, 6.07) is 14.9. The number of ether oxygens (including phenoxy) is 1. The second kappa shape index (κ2) is 9.77. The summed E-state index contributed by atoms with van der Waals surface area (Å²) in [7, 11) is 5.52. The zero-order chi connectivity index (χ0) is 21.7. The van der Waals surface area contributed by atoms with Crippen LogP contribution in [0.5, 0.6) is 0 Å². The Hall–Kier alpha value is -2.84. The fourth-order valence-corrected chi connectivity index (χ4v) is 3.85. The number of para-hydroxylation sites is 1. The molecule has 1 N–H and O–H groups in total. The number of rotatable bonds is 8. The number of anilines is 2. The topological polar surface area (TPSA) is 76.5 Å². The molecule has 30 heavy (non-hydrogen) atoms. The zero-order valence-electron chi connectivity index (χ0n) is 17.6. The molecule has 1 unspecified atom stereocenters. The van der Waals surface area contributed by atoms with Crippen LogP contribution in [-0.4, -0.2) is 48.5 Å². The summed E-state index contributed by atoms with van der Waals surface area (Å²) in [5, 5.41) is 3.53. The number of carbonyl (C=O) groups is 1. The van der Waals surface area contributed by atoms with Crippen LogP contribution in [0.1, 0.15) is 6.92 Å². The molecule has 0 radical (unpaired) electrons. The Balaban J connectivity index is 1.81. The van der Waals surface area contributed by atoms with Gasteiger partial charge in [-0.05, 0) is 43.3 Å². The van der Waals surface area contributed by atoms with Crippen molar-refractivity contribution in [2.75, 3.05) is 38.0 Å². The highest BCUT2D eigenvalue weighted by Crippen LogP contribution is 2.24. The lowest BCUT2D eigenvalue weighted by Gasteiger charge is -2.17. The number of nitrogens with zero attached hydrogens (tertiary/aromatic N) is 3. The van der Waals surface area contributed by atoms with Crippen LogP contribution in [0, 0.1) is 0 Å². The maximum Gasteiger partial charge on any atom is 0.262 e. The number of amides is 1. The lowest BCUT2D eigenvalue weighted by molar-refractivity contribution is -0.115. The Morgan fingerprint density at radius 1 is 1.20 bits per heavy atom. The van der Waals surface area contributed by atoms with Crippen molar-refractivity contribution in [2.24, 2.45) is 0 Å². The minimum absolute atomic E-state index is 0.132. The molecule has 8 heteroatoms. The predicted molar refractivity (Wildman–Crippen MR) is 123 cm³/mol. The number of thioether (sulfide) groups is 1. The number of hydrogen-bond donors (Lipinski definition) is 1. The van der Waals surface area contributed by atoms with Gasteiger partial charge in [0.25, 0.3) is 5.56 Å². The molecule has 1 heterocycles. The van der Waals surface area contributed by atoms with Crippen molar-refractivity contribution in [2.45, 2.75) is 23.9 Å². The molecule has 3 rings (SSSR count). The van der Waals surface area contributed by atoms with Gasteiger partial charge in [-0.1, -0.05) is 23.9 Å². The van der Waals surface area contributed by atoms with Crippen LogP contribution in [0.25, 0.3) is 10.9 Å². The van der Waals surface area contributed by atoms with E-state index in [4.69, 9.17) is 4.74 Å². The summed E-state index contributed by atoms with van der Waals surface area (Å²) in [5.74, 6) is -0.154. The van der Waals surface area contributed by atoms with Gasteiger partial charge in [0.2, 0.25) is 5.91 Å². The van der Waals surface area contributed by atoms with Gasteiger partial charge in [0, 0.05) is 32.6 Å². The molecule has 0 aliphatic carbocycles. The van der Waals surface area contributed by atoms with Crippen molar-refractivity contribution >= 4 is 39.9 Å². The van der Waals surface area contributed by atoms with E-state index in [1.54, 1.807) is 30.7 Å². The summed E-state index contributed by atoms with van der Waals surface area (Å²) in [5.41, 5.74) is 2.26. The third-order valence-electron chi connectivity index (χ3n) is 4.65. The van der Waals surface area contributed by atoms with E-state index in [0.29, 0.717) is 29.2 Å². The molecule has 1 atom stereocenters. The van der Waals surface area contributed by atoms with Gasteiger partial charge < -0.3 is 15.0 Å². The van der Waals surface area contributed by atoms with E-state index in [0.717, 1.165) is 11.4 Å². The average Bonchev–Trinajstić information content (AvgIpc) is 2.74. The van der Waals surface area contributed by atoms with Crippen LogP contribution in [0.2, 0.25) is 0 Å². The molecular weight excluding hydrogens is 400 g/mol. The smallest absolute Gasteiger partial charge is 0.262 e. The van der Waals surface area contributed by atoms with E-state index in [-0.39, 0.29) is 11.5 Å². The predicted octanol–water partition coefficient (Wildman–Crippen LogP) is 3.23. The quantitative estimate of drug-likeness (QED) is 0.440. The van der Waals surface area contributed by atoms with E-state index in [1.165, 1.54) is 11.8 Å². The molecule has 158 valence electrons. The SMILES string of the molecule is COCCn1c(SC(C)C(=O)Nc2ccc(N(C)C)cc2)nc2ccccc2c1=O. The molecule has 0 bridgehead atoms. The van der Waals surface area contributed by atoms with Crippen LogP contribution in [0.3, 0.4) is 0 Å². The molecule has 0 fully saturated rings. The third-order valence-corrected chi connectivity index (χ3v) is 5.74. The summed E-state index contributed by atoms with van der Waals surface area (Å²) >= 11 is 1.26. The maximum absolute atomic E-state index is 12.9. The van der Waals surface area contributed by atoms with E-state index < -0.39 is 5.25 Å². The molecule has 0 spiro atoms. The Kier molecular flexibility index (Phi) is 7.12. The fraction of sp³-hybridized carbons (Fsp3) is 0.318. The Labute approximate surface area is 180 Å².